The molecule has 1 aromatic rings. The largest absolute Gasteiger partial charge is 0.389 e. The van der Waals surface area contributed by atoms with Gasteiger partial charge in [-0.05, 0) is 31.2 Å². The normalized spacial score (nSPS) is 16.1. The maximum absolute atomic E-state index is 12.0. The molecule has 0 aromatic heterocycles. The van der Waals surface area contributed by atoms with E-state index in [-0.39, 0.29) is 10.7 Å². The third kappa shape index (κ3) is 3.03. The number of nitrogens with one attached hydrogen (secondary N) is 1. The van der Waals surface area contributed by atoms with Gasteiger partial charge in [0.2, 0.25) is 0 Å². The zero-order valence-electron chi connectivity index (χ0n) is 10.2. The van der Waals surface area contributed by atoms with Crippen molar-refractivity contribution in [1.29, 1.82) is 0 Å². The van der Waals surface area contributed by atoms with E-state index >= 15 is 0 Å². The summed E-state index contributed by atoms with van der Waals surface area (Å²) >= 11 is 6.73. The molecule has 0 aliphatic heterocycles. The number of hydrogen-bond donors (Lipinski definition) is 2. The molecule has 96 valence electrons. The summed E-state index contributed by atoms with van der Waals surface area (Å²) in [6.45, 7) is 0.726. The molecule has 1 amide bonds. The molecule has 3 nitrogen and oxygen atoms in total. The van der Waals surface area contributed by atoms with Crippen LogP contribution in [0.2, 0.25) is 0 Å². The Bertz CT molecular complexity index is 484. The summed E-state index contributed by atoms with van der Waals surface area (Å²) < 4.78 is 0.274. The van der Waals surface area contributed by atoms with Gasteiger partial charge in [0.05, 0.1) is 0 Å². The van der Waals surface area contributed by atoms with Crippen LogP contribution in [0.1, 0.15) is 28.8 Å². The number of hydrogen-bond acceptors (Lipinski definition) is 3. The number of benzene rings is 1. The van der Waals surface area contributed by atoms with Gasteiger partial charge in [-0.2, -0.15) is 11.8 Å². The molecule has 1 fully saturated rings. The van der Waals surface area contributed by atoms with E-state index in [0.29, 0.717) is 10.6 Å². The van der Waals surface area contributed by atoms with Gasteiger partial charge < -0.3 is 11.1 Å². The molecular weight excluding hydrogens is 264 g/mol. The highest BCUT2D eigenvalue weighted by atomic mass is 32.2. The Morgan fingerprint density at radius 1 is 1.50 bits per heavy atom. The molecule has 0 heterocycles. The third-order valence-corrected chi connectivity index (χ3v) is 4.88. The van der Waals surface area contributed by atoms with Gasteiger partial charge in [0.15, 0.2) is 0 Å². The molecule has 1 aliphatic rings. The molecule has 1 saturated carbocycles. The molecule has 1 aromatic carbocycles. The topological polar surface area (TPSA) is 55.1 Å². The number of thioether (sulfide) groups is 1. The van der Waals surface area contributed by atoms with Crippen LogP contribution in [0.5, 0.6) is 0 Å². The lowest BCUT2D eigenvalue weighted by Gasteiger charge is -2.13. The molecule has 0 bridgehead atoms. The molecule has 0 saturated heterocycles. The van der Waals surface area contributed by atoms with E-state index < -0.39 is 0 Å². The average molecular weight is 280 g/mol. The van der Waals surface area contributed by atoms with Crippen LogP contribution in [0, 0.1) is 0 Å². The Morgan fingerprint density at radius 2 is 2.17 bits per heavy atom. The highest BCUT2D eigenvalue weighted by Crippen LogP contribution is 2.46. The molecular formula is C13H16N2OS2. The first-order valence-electron chi connectivity index (χ1n) is 5.79. The second kappa shape index (κ2) is 5.28. The summed E-state index contributed by atoms with van der Waals surface area (Å²) in [5, 5.41) is 2.97. The lowest BCUT2D eigenvalue weighted by atomic mass is 10.1. The third-order valence-electron chi connectivity index (χ3n) is 3.22. The minimum atomic E-state index is -0.0616. The number of nitrogens with two attached hydrogens (primary N) is 1. The van der Waals surface area contributed by atoms with E-state index in [1.807, 2.05) is 17.8 Å². The summed E-state index contributed by atoms with van der Waals surface area (Å²) in [4.78, 5) is 12.3. The second-order valence-corrected chi connectivity index (χ2v) is 6.23. The summed E-state index contributed by atoms with van der Waals surface area (Å²) in [7, 11) is 0. The monoisotopic (exact) mass is 280 g/mol. The Hall–Kier alpha value is -1.07. The van der Waals surface area contributed by atoms with Crippen molar-refractivity contribution in [3.63, 3.8) is 0 Å². The van der Waals surface area contributed by atoms with Gasteiger partial charge in [0.1, 0.15) is 4.99 Å². The van der Waals surface area contributed by atoms with E-state index in [2.05, 4.69) is 11.6 Å². The maximum atomic E-state index is 12.0. The predicted octanol–water partition coefficient (Wildman–Crippen LogP) is 1.95. The van der Waals surface area contributed by atoms with Gasteiger partial charge in [-0.15, -0.1) is 0 Å². The van der Waals surface area contributed by atoms with E-state index in [0.717, 1.165) is 12.1 Å². The summed E-state index contributed by atoms with van der Waals surface area (Å²) in [5.74, 6) is -0.0616. The Kier molecular flexibility index (Phi) is 3.92. The lowest BCUT2D eigenvalue weighted by molar-refractivity contribution is 0.0953. The van der Waals surface area contributed by atoms with E-state index in [9.17, 15) is 4.79 Å². The minimum absolute atomic E-state index is 0.0616. The van der Waals surface area contributed by atoms with Crippen LogP contribution in [0.25, 0.3) is 0 Å². The standard InChI is InChI=1S/C13H16N2OS2/c1-18-13(5-6-13)8-15-12(16)10-4-2-3-9(7-10)11(14)17/h2-4,7H,5-6,8H2,1H3,(H2,14,17)(H,15,16). The van der Waals surface area contributed by atoms with Gasteiger partial charge in [0.25, 0.3) is 5.91 Å². The van der Waals surface area contributed by atoms with E-state index in [1.54, 1.807) is 18.2 Å². The fraction of sp³-hybridized carbons (Fsp3) is 0.385. The quantitative estimate of drug-likeness (QED) is 0.810. The van der Waals surface area contributed by atoms with Crippen LogP contribution in [-0.2, 0) is 0 Å². The van der Waals surface area contributed by atoms with Gasteiger partial charge in [-0.3, -0.25) is 4.79 Å². The Balaban J connectivity index is 2.00. The molecule has 0 spiro atoms. The molecule has 5 heteroatoms. The number of carbonyl (C=O) groups excluding carboxylic acids is 1. The summed E-state index contributed by atoms with van der Waals surface area (Å²) in [6, 6.07) is 7.11. The van der Waals surface area contributed by atoms with Gasteiger partial charge in [-0.25, -0.2) is 0 Å². The predicted molar refractivity (Wildman–Crippen MR) is 80.1 cm³/mol. The number of rotatable bonds is 5. The molecule has 18 heavy (non-hydrogen) atoms. The van der Waals surface area contributed by atoms with Crippen LogP contribution in [0.4, 0.5) is 0 Å². The van der Waals surface area contributed by atoms with Crippen molar-refractivity contribution in [3.8, 4) is 0 Å². The molecule has 0 radical (unpaired) electrons. The smallest absolute Gasteiger partial charge is 0.251 e. The Morgan fingerprint density at radius 3 is 2.72 bits per heavy atom. The van der Waals surface area contributed by atoms with E-state index in [1.165, 1.54) is 12.8 Å². The van der Waals surface area contributed by atoms with Gasteiger partial charge in [0, 0.05) is 22.4 Å². The highest BCUT2D eigenvalue weighted by molar-refractivity contribution is 8.00. The Labute approximate surface area is 117 Å². The maximum Gasteiger partial charge on any atom is 0.251 e. The first-order chi connectivity index (χ1) is 8.56. The van der Waals surface area contributed by atoms with Crippen LogP contribution < -0.4 is 11.1 Å². The average Bonchev–Trinajstić information content (AvgIpc) is 3.17. The minimum Gasteiger partial charge on any atom is -0.389 e. The van der Waals surface area contributed by atoms with Crippen LogP contribution >= 0.6 is 24.0 Å². The van der Waals surface area contributed by atoms with Crippen molar-refractivity contribution in [3.05, 3.63) is 35.4 Å². The number of amides is 1. The molecule has 3 N–H and O–H groups in total. The van der Waals surface area contributed by atoms with Crippen LogP contribution in [0.3, 0.4) is 0 Å². The van der Waals surface area contributed by atoms with Gasteiger partial charge >= 0.3 is 0 Å². The molecule has 0 unspecified atom stereocenters. The lowest BCUT2D eigenvalue weighted by Crippen LogP contribution is -2.31. The molecule has 0 atom stereocenters. The molecule has 2 rings (SSSR count). The fourth-order valence-corrected chi connectivity index (χ4v) is 2.60. The van der Waals surface area contributed by atoms with Crippen LogP contribution in [-0.4, -0.2) is 28.4 Å². The first-order valence-corrected chi connectivity index (χ1v) is 7.43. The number of carbonyl (C=O) groups is 1. The fourth-order valence-electron chi connectivity index (χ4n) is 1.75. The van der Waals surface area contributed by atoms with Crippen molar-refractivity contribution in [2.75, 3.05) is 12.8 Å². The number of thiocarbonyl (C=S) groups is 1. The van der Waals surface area contributed by atoms with Crippen molar-refractivity contribution in [1.82, 2.24) is 5.32 Å². The van der Waals surface area contributed by atoms with Gasteiger partial charge in [-0.1, -0.05) is 24.4 Å². The summed E-state index contributed by atoms with van der Waals surface area (Å²) in [5.41, 5.74) is 6.89. The zero-order valence-corrected chi connectivity index (χ0v) is 11.9. The van der Waals surface area contributed by atoms with Crippen molar-refractivity contribution < 1.29 is 4.79 Å². The molecule has 1 aliphatic carbocycles. The summed E-state index contributed by atoms with van der Waals surface area (Å²) in [6.07, 6.45) is 4.45. The van der Waals surface area contributed by atoms with Crippen molar-refractivity contribution in [2.45, 2.75) is 17.6 Å². The SMILES string of the molecule is CSC1(CNC(=O)c2cccc(C(N)=S)c2)CC1. The second-order valence-electron chi connectivity index (χ2n) is 4.51. The van der Waals surface area contributed by atoms with Crippen molar-refractivity contribution >= 4 is 34.9 Å². The highest BCUT2D eigenvalue weighted by Gasteiger charge is 2.41. The van der Waals surface area contributed by atoms with Crippen LogP contribution in [0.15, 0.2) is 24.3 Å². The zero-order chi connectivity index (χ0) is 13.2. The van der Waals surface area contributed by atoms with E-state index in [4.69, 9.17) is 18.0 Å². The first kappa shape index (κ1) is 13.4. The van der Waals surface area contributed by atoms with Crippen molar-refractivity contribution in [2.24, 2.45) is 5.73 Å².